The molecule has 5 nitrogen and oxygen atoms in total. The monoisotopic (exact) mass is 286 g/mol. The van der Waals surface area contributed by atoms with Gasteiger partial charge in [-0.25, -0.2) is 9.97 Å². The summed E-state index contributed by atoms with van der Waals surface area (Å²) in [6.45, 7) is 0.167. The lowest BCUT2D eigenvalue weighted by atomic mass is 10.4. The van der Waals surface area contributed by atoms with Gasteiger partial charge in [0.1, 0.15) is 17.9 Å². The molecule has 96 valence electrons. The molecular weight excluding hydrogens is 275 g/mol. The molecule has 0 saturated carbocycles. The van der Waals surface area contributed by atoms with Crippen LogP contribution in [0.4, 0.5) is 0 Å². The minimum Gasteiger partial charge on any atom is -0.347 e. The summed E-state index contributed by atoms with van der Waals surface area (Å²) in [5.74, 6) is 0.781. The number of amides is 1. The van der Waals surface area contributed by atoms with Gasteiger partial charge in [-0.15, -0.1) is 11.6 Å². The van der Waals surface area contributed by atoms with E-state index in [2.05, 4.69) is 9.97 Å². The molecule has 0 aromatic carbocycles. The maximum atomic E-state index is 11.8. The Morgan fingerprint density at radius 3 is 2.83 bits per heavy atom. The topological polar surface area (TPSA) is 51.0 Å². The summed E-state index contributed by atoms with van der Waals surface area (Å²) in [5.41, 5.74) is 1.26. The molecular formula is C11H12Cl2N4O. The average molecular weight is 287 g/mol. The molecule has 0 saturated heterocycles. The van der Waals surface area contributed by atoms with Crippen LogP contribution in [-0.4, -0.2) is 39.4 Å². The van der Waals surface area contributed by atoms with Crippen LogP contribution in [0.2, 0.25) is 5.02 Å². The molecule has 0 radical (unpaired) electrons. The highest BCUT2D eigenvalue weighted by molar-refractivity contribution is 6.31. The van der Waals surface area contributed by atoms with Gasteiger partial charge in [-0.3, -0.25) is 4.79 Å². The van der Waals surface area contributed by atoms with Crippen molar-refractivity contribution in [2.45, 2.75) is 12.4 Å². The van der Waals surface area contributed by atoms with Gasteiger partial charge in [-0.05, 0) is 6.07 Å². The molecule has 0 N–H and O–H groups in total. The van der Waals surface area contributed by atoms with Crippen LogP contribution >= 0.6 is 23.2 Å². The minimum absolute atomic E-state index is 0.0441. The van der Waals surface area contributed by atoms with Gasteiger partial charge in [0, 0.05) is 20.3 Å². The van der Waals surface area contributed by atoms with E-state index in [4.69, 9.17) is 23.2 Å². The van der Waals surface area contributed by atoms with E-state index < -0.39 is 0 Å². The molecule has 0 unspecified atom stereocenters. The summed E-state index contributed by atoms with van der Waals surface area (Å²) in [6, 6.07) is 1.70. The summed E-state index contributed by atoms with van der Waals surface area (Å²) in [5, 5.41) is 0.507. The molecule has 0 bridgehead atoms. The van der Waals surface area contributed by atoms with E-state index in [9.17, 15) is 4.79 Å². The number of likely N-dealkylation sites (N-methyl/N-ethyl adjacent to an activating group) is 1. The van der Waals surface area contributed by atoms with E-state index in [-0.39, 0.29) is 18.3 Å². The highest BCUT2D eigenvalue weighted by atomic mass is 35.5. The zero-order chi connectivity index (χ0) is 13.3. The number of hydrogen-bond acceptors (Lipinski definition) is 3. The maximum absolute atomic E-state index is 11.8. The molecule has 0 atom stereocenters. The van der Waals surface area contributed by atoms with Gasteiger partial charge >= 0.3 is 0 Å². The second kappa shape index (κ2) is 5.12. The third kappa shape index (κ3) is 2.42. The van der Waals surface area contributed by atoms with Gasteiger partial charge in [0.25, 0.3) is 0 Å². The number of alkyl halides is 1. The van der Waals surface area contributed by atoms with E-state index in [1.54, 1.807) is 24.7 Å². The molecule has 2 heterocycles. The van der Waals surface area contributed by atoms with Crippen molar-refractivity contribution in [2.75, 3.05) is 14.1 Å². The fourth-order valence-corrected chi connectivity index (χ4v) is 1.93. The van der Waals surface area contributed by atoms with Crippen molar-refractivity contribution in [2.24, 2.45) is 0 Å². The van der Waals surface area contributed by atoms with Crippen LogP contribution in [-0.2, 0) is 17.2 Å². The highest BCUT2D eigenvalue weighted by Crippen LogP contribution is 2.19. The molecule has 2 aromatic rings. The molecule has 1 amide bonds. The summed E-state index contributed by atoms with van der Waals surface area (Å²) in [4.78, 5) is 21.8. The van der Waals surface area contributed by atoms with Crippen molar-refractivity contribution in [1.82, 2.24) is 19.4 Å². The zero-order valence-electron chi connectivity index (χ0n) is 10.0. The van der Waals surface area contributed by atoms with Crippen LogP contribution in [0.5, 0.6) is 0 Å². The second-order valence-corrected chi connectivity index (χ2v) is 4.74. The van der Waals surface area contributed by atoms with Gasteiger partial charge in [0.15, 0.2) is 5.65 Å². The normalized spacial score (nSPS) is 10.9. The first-order chi connectivity index (χ1) is 8.52. The molecule has 0 spiro atoms. The number of nitrogens with zero attached hydrogens (tertiary/aromatic N) is 4. The molecule has 0 aliphatic heterocycles. The Bertz CT molecular complexity index is 594. The fraction of sp³-hybridized carbons (Fsp3) is 0.364. The van der Waals surface area contributed by atoms with E-state index in [0.29, 0.717) is 22.0 Å². The predicted octanol–water partition coefficient (Wildman–Crippen LogP) is 1.91. The third-order valence-corrected chi connectivity index (χ3v) is 2.99. The number of carbonyl (C=O) groups excluding carboxylic acids is 1. The fourth-order valence-electron chi connectivity index (χ4n) is 1.58. The molecule has 18 heavy (non-hydrogen) atoms. The van der Waals surface area contributed by atoms with E-state index >= 15 is 0 Å². The summed E-state index contributed by atoms with van der Waals surface area (Å²) < 4.78 is 1.71. The highest BCUT2D eigenvalue weighted by Gasteiger charge is 2.15. The number of fused-ring (bicyclic) bond motifs is 1. The lowest BCUT2D eigenvalue weighted by Gasteiger charge is -2.12. The Labute approximate surface area is 114 Å². The molecule has 2 aromatic heterocycles. The zero-order valence-corrected chi connectivity index (χ0v) is 11.5. The van der Waals surface area contributed by atoms with E-state index in [1.165, 1.54) is 11.1 Å². The lowest BCUT2D eigenvalue weighted by molar-refractivity contribution is -0.129. The largest absolute Gasteiger partial charge is 0.347 e. The predicted molar refractivity (Wildman–Crippen MR) is 70.8 cm³/mol. The first kappa shape index (κ1) is 13.1. The quantitative estimate of drug-likeness (QED) is 0.810. The summed E-state index contributed by atoms with van der Waals surface area (Å²) in [6.07, 6.45) is 1.53. The van der Waals surface area contributed by atoms with Crippen LogP contribution in [0.25, 0.3) is 11.2 Å². The SMILES string of the molecule is CN(C)C(=O)Cn1c(CCl)nc2cc(Cl)cnc21. The number of pyridine rings is 1. The molecule has 0 aliphatic rings. The van der Waals surface area contributed by atoms with Crippen LogP contribution in [0.3, 0.4) is 0 Å². The Balaban J connectivity index is 2.50. The van der Waals surface area contributed by atoms with Gasteiger partial charge in [-0.2, -0.15) is 0 Å². The smallest absolute Gasteiger partial charge is 0.242 e. The van der Waals surface area contributed by atoms with Crippen molar-refractivity contribution < 1.29 is 4.79 Å². The van der Waals surface area contributed by atoms with E-state index in [0.717, 1.165) is 0 Å². The Morgan fingerprint density at radius 1 is 1.50 bits per heavy atom. The van der Waals surface area contributed by atoms with Crippen LogP contribution < -0.4 is 0 Å². The molecule has 0 aliphatic carbocycles. The minimum atomic E-state index is -0.0441. The first-order valence-electron chi connectivity index (χ1n) is 5.29. The van der Waals surface area contributed by atoms with Crippen LogP contribution in [0.15, 0.2) is 12.3 Å². The van der Waals surface area contributed by atoms with Crippen molar-refractivity contribution in [3.63, 3.8) is 0 Å². The lowest BCUT2D eigenvalue weighted by Crippen LogP contribution is -2.27. The van der Waals surface area contributed by atoms with Crippen molar-refractivity contribution >= 4 is 40.3 Å². The number of halogens is 2. The van der Waals surface area contributed by atoms with Crippen molar-refractivity contribution in [3.8, 4) is 0 Å². The second-order valence-electron chi connectivity index (χ2n) is 4.03. The molecule has 2 rings (SSSR count). The van der Waals surface area contributed by atoms with Crippen LogP contribution in [0.1, 0.15) is 5.82 Å². The molecule has 0 fully saturated rings. The van der Waals surface area contributed by atoms with Gasteiger partial charge in [0.05, 0.1) is 10.9 Å². The number of rotatable bonds is 3. The third-order valence-electron chi connectivity index (χ3n) is 2.54. The van der Waals surface area contributed by atoms with E-state index in [1.807, 2.05) is 0 Å². The standard InChI is InChI=1S/C11H12Cl2N4O/c1-16(2)10(18)6-17-9(4-12)15-8-3-7(13)5-14-11(8)17/h3,5H,4,6H2,1-2H3. The van der Waals surface area contributed by atoms with Crippen molar-refractivity contribution in [3.05, 3.63) is 23.1 Å². The number of carbonyl (C=O) groups is 1. The Morgan fingerprint density at radius 2 is 2.22 bits per heavy atom. The first-order valence-corrected chi connectivity index (χ1v) is 6.21. The van der Waals surface area contributed by atoms with Gasteiger partial charge in [-0.1, -0.05) is 11.6 Å². The number of aromatic nitrogens is 3. The van der Waals surface area contributed by atoms with Crippen molar-refractivity contribution in [1.29, 1.82) is 0 Å². The maximum Gasteiger partial charge on any atom is 0.242 e. The Kier molecular flexibility index (Phi) is 3.73. The number of imidazole rings is 1. The van der Waals surface area contributed by atoms with Gasteiger partial charge < -0.3 is 9.47 Å². The van der Waals surface area contributed by atoms with Crippen LogP contribution in [0, 0.1) is 0 Å². The summed E-state index contributed by atoms with van der Waals surface area (Å²) in [7, 11) is 3.40. The number of hydrogen-bond donors (Lipinski definition) is 0. The van der Waals surface area contributed by atoms with Gasteiger partial charge in [0.2, 0.25) is 5.91 Å². The Hall–Kier alpha value is -1.33. The molecule has 7 heteroatoms. The summed E-state index contributed by atoms with van der Waals surface area (Å²) >= 11 is 11.7. The average Bonchev–Trinajstić information content (AvgIpc) is 2.66.